The van der Waals surface area contributed by atoms with Gasteiger partial charge in [-0.05, 0) is 46.3 Å². The molecule has 110 valence electrons. The fourth-order valence-corrected chi connectivity index (χ4v) is 1.74. The van der Waals surface area contributed by atoms with E-state index in [4.69, 9.17) is 4.74 Å². The van der Waals surface area contributed by atoms with Crippen molar-refractivity contribution in [2.45, 2.75) is 46.1 Å². The smallest absolute Gasteiger partial charge is 0.251 e. The quantitative estimate of drug-likeness (QED) is 0.797. The summed E-state index contributed by atoms with van der Waals surface area (Å²) in [5.41, 5.74) is 2.21. The van der Waals surface area contributed by atoms with Crippen LogP contribution in [0, 0.1) is 11.3 Å². The molecule has 1 aromatic heterocycles. The van der Waals surface area contributed by atoms with Crippen molar-refractivity contribution in [3.8, 4) is 11.9 Å². The second kappa shape index (κ2) is 6.67. The Labute approximate surface area is 121 Å². The number of hydrogen-bond donors (Lipinski definition) is 0. The Morgan fingerprint density at radius 2 is 1.85 bits per heavy atom. The predicted octanol–water partition coefficient (Wildman–Crippen LogP) is 2.19. The molecule has 0 radical (unpaired) electrons. The molecule has 5 heteroatoms. The summed E-state index contributed by atoms with van der Waals surface area (Å²) in [4.78, 5) is 2.08. The van der Waals surface area contributed by atoms with Gasteiger partial charge in [-0.2, -0.15) is 10.4 Å². The minimum Gasteiger partial charge on any atom is -0.474 e. The molecule has 5 nitrogen and oxygen atoms in total. The lowest BCUT2D eigenvalue weighted by atomic mass is 10.0. The van der Waals surface area contributed by atoms with Crippen molar-refractivity contribution in [3.63, 3.8) is 0 Å². The van der Waals surface area contributed by atoms with E-state index in [-0.39, 0.29) is 5.54 Å². The third-order valence-electron chi connectivity index (χ3n) is 3.70. The summed E-state index contributed by atoms with van der Waals surface area (Å²) < 4.78 is 5.76. The summed E-state index contributed by atoms with van der Waals surface area (Å²) in [5, 5.41) is 17.6. The number of nitriles is 1. The zero-order valence-electron chi connectivity index (χ0n) is 13.3. The highest BCUT2D eigenvalue weighted by Crippen LogP contribution is 2.23. The van der Waals surface area contributed by atoms with E-state index in [2.05, 4.69) is 35.0 Å². The van der Waals surface area contributed by atoms with Gasteiger partial charge in [0.2, 0.25) is 0 Å². The number of aromatic nitrogens is 2. The maximum atomic E-state index is 9.38. The van der Waals surface area contributed by atoms with Crippen molar-refractivity contribution in [3.05, 3.63) is 16.8 Å². The van der Waals surface area contributed by atoms with Crippen LogP contribution in [-0.4, -0.2) is 41.3 Å². The van der Waals surface area contributed by atoms with Gasteiger partial charge in [0, 0.05) is 5.54 Å². The van der Waals surface area contributed by atoms with Crippen LogP contribution in [0.4, 0.5) is 0 Å². The number of ether oxygens (including phenoxy) is 1. The summed E-state index contributed by atoms with van der Waals surface area (Å²) in [6, 6.07) is 2.21. The second-order valence-corrected chi connectivity index (χ2v) is 5.62. The van der Waals surface area contributed by atoms with Gasteiger partial charge in [-0.3, -0.25) is 0 Å². The summed E-state index contributed by atoms with van der Waals surface area (Å²) in [6.07, 6.45) is 1.53. The molecule has 0 fully saturated rings. The van der Waals surface area contributed by atoms with Crippen LogP contribution in [0.3, 0.4) is 0 Å². The Balaban J connectivity index is 3.06. The molecule has 0 bridgehead atoms. The molecule has 0 aliphatic heterocycles. The molecule has 1 aromatic rings. The van der Waals surface area contributed by atoms with Gasteiger partial charge < -0.3 is 9.64 Å². The normalized spacial score (nSPS) is 11.5. The van der Waals surface area contributed by atoms with Gasteiger partial charge in [0.05, 0.1) is 5.69 Å². The van der Waals surface area contributed by atoms with Crippen LogP contribution in [0.15, 0.2) is 0 Å². The van der Waals surface area contributed by atoms with Crippen molar-refractivity contribution in [1.82, 2.24) is 15.1 Å². The van der Waals surface area contributed by atoms with Gasteiger partial charge in [0.1, 0.15) is 18.2 Å². The summed E-state index contributed by atoms with van der Waals surface area (Å²) >= 11 is 0. The number of likely N-dealkylation sites (N-methyl/N-ethyl adjacent to an activating group) is 1. The maximum Gasteiger partial charge on any atom is 0.251 e. The average molecular weight is 276 g/mol. The van der Waals surface area contributed by atoms with Crippen LogP contribution in [0.2, 0.25) is 0 Å². The molecule has 0 atom stereocenters. The molecule has 0 spiro atoms. The van der Waals surface area contributed by atoms with E-state index in [1.54, 1.807) is 0 Å². The SMILES string of the molecule is CCc1nnc(OCC(C)(C)N(C)C)c(C#N)c1CC. The van der Waals surface area contributed by atoms with E-state index < -0.39 is 0 Å². The van der Waals surface area contributed by atoms with Crippen molar-refractivity contribution < 1.29 is 4.74 Å². The van der Waals surface area contributed by atoms with Gasteiger partial charge in [-0.15, -0.1) is 5.10 Å². The highest BCUT2D eigenvalue weighted by atomic mass is 16.5. The molecule has 0 N–H and O–H groups in total. The second-order valence-electron chi connectivity index (χ2n) is 5.62. The van der Waals surface area contributed by atoms with Crippen molar-refractivity contribution in [1.29, 1.82) is 5.26 Å². The summed E-state index contributed by atoms with van der Waals surface area (Å²) in [7, 11) is 4.00. The minimum atomic E-state index is -0.135. The fourth-order valence-electron chi connectivity index (χ4n) is 1.74. The zero-order valence-corrected chi connectivity index (χ0v) is 13.3. The number of nitrogens with zero attached hydrogens (tertiary/aromatic N) is 4. The molecule has 0 aliphatic carbocycles. The van der Waals surface area contributed by atoms with Crippen LogP contribution in [0.5, 0.6) is 5.88 Å². The maximum absolute atomic E-state index is 9.38. The first-order valence-corrected chi connectivity index (χ1v) is 6.96. The Hall–Kier alpha value is -1.67. The first-order chi connectivity index (χ1) is 9.37. The summed E-state index contributed by atoms with van der Waals surface area (Å²) in [6.45, 7) is 8.64. The Morgan fingerprint density at radius 1 is 1.20 bits per heavy atom. The van der Waals surface area contributed by atoms with Crippen LogP contribution in [-0.2, 0) is 12.8 Å². The Bertz CT molecular complexity index is 503. The monoisotopic (exact) mass is 276 g/mol. The predicted molar refractivity (Wildman–Crippen MR) is 78.8 cm³/mol. The molecular weight excluding hydrogens is 252 g/mol. The van der Waals surface area contributed by atoms with Gasteiger partial charge >= 0.3 is 0 Å². The molecular formula is C15H24N4O. The summed E-state index contributed by atoms with van der Waals surface area (Å²) in [5.74, 6) is 0.344. The standard InChI is InChI=1S/C15H24N4O/c1-7-11-12(9-16)14(18-17-13(11)8-2)20-10-15(3,4)19(5)6/h7-8,10H2,1-6H3. The zero-order chi connectivity index (χ0) is 15.3. The largest absolute Gasteiger partial charge is 0.474 e. The van der Waals surface area contributed by atoms with E-state index in [1.807, 2.05) is 27.9 Å². The number of hydrogen-bond acceptors (Lipinski definition) is 5. The molecule has 1 heterocycles. The Morgan fingerprint density at radius 3 is 2.30 bits per heavy atom. The first-order valence-electron chi connectivity index (χ1n) is 6.96. The van der Waals surface area contributed by atoms with Gasteiger partial charge in [-0.1, -0.05) is 13.8 Å². The topological polar surface area (TPSA) is 62.0 Å². The third kappa shape index (κ3) is 3.45. The molecule has 0 amide bonds. The lowest BCUT2D eigenvalue weighted by Crippen LogP contribution is -2.43. The molecule has 0 saturated heterocycles. The van der Waals surface area contributed by atoms with E-state index in [0.29, 0.717) is 18.1 Å². The lowest BCUT2D eigenvalue weighted by Gasteiger charge is -2.32. The average Bonchev–Trinajstić information content (AvgIpc) is 2.43. The fraction of sp³-hybridized carbons (Fsp3) is 0.667. The van der Waals surface area contributed by atoms with Crippen molar-refractivity contribution in [2.24, 2.45) is 0 Å². The lowest BCUT2D eigenvalue weighted by molar-refractivity contribution is 0.110. The van der Waals surface area contributed by atoms with E-state index >= 15 is 0 Å². The van der Waals surface area contributed by atoms with Crippen LogP contribution < -0.4 is 4.74 Å². The molecule has 20 heavy (non-hydrogen) atoms. The molecule has 0 aromatic carbocycles. The van der Waals surface area contributed by atoms with Crippen LogP contribution in [0.1, 0.15) is 44.5 Å². The van der Waals surface area contributed by atoms with Crippen LogP contribution in [0.25, 0.3) is 0 Å². The van der Waals surface area contributed by atoms with Crippen LogP contribution >= 0.6 is 0 Å². The minimum absolute atomic E-state index is 0.135. The molecule has 0 saturated carbocycles. The van der Waals surface area contributed by atoms with Crippen molar-refractivity contribution in [2.75, 3.05) is 20.7 Å². The van der Waals surface area contributed by atoms with E-state index in [9.17, 15) is 5.26 Å². The highest BCUT2D eigenvalue weighted by molar-refractivity contribution is 5.46. The van der Waals surface area contributed by atoms with Gasteiger partial charge in [0.25, 0.3) is 5.88 Å². The number of rotatable bonds is 6. The molecule has 0 unspecified atom stereocenters. The first kappa shape index (κ1) is 16.4. The van der Waals surface area contributed by atoms with E-state index in [0.717, 1.165) is 24.1 Å². The van der Waals surface area contributed by atoms with Crippen molar-refractivity contribution >= 4 is 0 Å². The van der Waals surface area contributed by atoms with Gasteiger partial charge in [-0.25, -0.2) is 0 Å². The molecule has 0 aliphatic rings. The van der Waals surface area contributed by atoms with E-state index in [1.165, 1.54) is 0 Å². The van der Waals surface area contributed by atoms with Gasteiger partial charge in [0.15, 0.2) is 0 Å². The molecule has 1 rings (SSSR count). The number of aryl methyl sites for hydroxylation is 1. The Kier molecular flexibility index (Phi) is 5.46. The third-order valence-corrected chi connectivity index (χ3v) is 3.70. The highest BCUT2D eigenvalue weighted by Gasteiger charge is 2.23.